The first-order valence-electron chi connectivity index (χ1n) is 5.78. The molecule has 0 aliphatic heterocycles. The molecule has 0 aromatic carbocycles. The van der Waals surface area contributed by atoms with Gasteiger partial charge in [0, 0.05) is 25.9 Å². The Hall–Kier alpha value is -0.910. The average Bonchev–Trinajstić information content (AvgIpc) is 2.75. The van der Waals surface area contributed by atoms with Gasteiger partial charge in [0.2, 0.25) is 0 Å². The van der Waals surface area contributed by atoms with E-state index < -0.39 is 0 Å². The van der Waals surface area contributed by atoms with E-state index in [0.717, 1.165) is 26.1 Å². The number of aromatic nitrogens is 2. The Balaban J connectivity index is 2.03. The van der Waals surface area contributed by atoms with Crippen LogP contribution in [0.1, 0.15) is 19.0 Å². The zero-order valence-electron chi connectivity index (χ0n) is 9.85. The molecule has 0 aliphatic carbocycles. The summed E-state index contributed by atoms with van der Waals surface area (Å²) in [6, 6.07) is 2.03. The van der Waals surface area contributed by atoms with Gasteiger partial charge >= 0.3 is 0 Å². The monoisotopic (exact) mass is 227 g/mol. The third kappa shape index (κ3) is 4.74. The molecule has 1 aromatic rings. The summed E-state index contributed by atoms with van der Waals surface area (Å²) in [7, 11) is 0. The Morgan fingerprint density at radius 1 is 1.50 bits per heavy atom. The maximum atomic E-state index is 8.50. The van der Waals surface area contributed by atoms with Crippen LogP contribution in [0.15, 0.2) is 12.3 Å². The molecule has 0 radical (unpaired) electrons. The first-order chi connectivity index (χ1) is 7.88. The van der Waals surface area contributed by atoms with Crippen LogP contribution in [-0.4, -0.2) is 41.3 Å². The number of aryl methyl sites for hydroxylation is 1. The number of aliphatic hydroxyl groups excluding tert-OH is 1. The van der Waals surface area contributed by atoms with Crippen molar-refractivity contribution in [3.63, 3.8) is 0 Å². The minimum Gasteiger partial charge on any atom is -0.394 e. The van der Waals surface area contributed by atoms with Crippen LogP contribution in [0.3, 0.4) is 0 Å². The van der Waals surface area contributed by atoms with Crippen LogP contribution in [0.25, 0.3) is 0 Å². The highest BCUT2D eigenvalue weighted by molar-refractivity contribution is 4.99. The number of hydrogen-bond donors (Lipinski definition) is 2. The van der Waals surface area contributed by atoms with Crippen LogP contribution >= 0.6 is 0 Å². The van der Waals surface area contributed by atoms with Gasteiger partial charge in [-0.25, -0.2) is 0 Å². The van der Waals surface area contributed by atoms with Gasteiger partial charge in [-0.05, 0) is 26.0 Å². The van der Waals surface area contributed by atoms with Crippen molar-refractivity contribution in [3.05, 3.63) is 18.0 Å². The van der Waals surface area contributed by atoms with Crippen LogP contribution in [-0.2, 0) is 17.8 Å². The van der Waals surface area contributed by atoms with E-state index in [1.54, 1.807) is 0 Å². The van der Waals surface area contributed by atoms with Crippen molar-refractivity contribution in [2.45, 2.75) is 26.4 Å². The first kappa shape index (κ1) is 13.2. The summed E-state index contributed by atoms with van der Waals surface area (Å²) >= 11 is 0. The summed E-state index contributed by atoms with van der Waals surface area (Å²) < 4.78 is 7.14. The van der Waals surface area contributed by atoms with E-state index in [1.165, 1.54) is 5.69 Å². The van der Waals surface area contributed by atoms with E-state index in [0.29, 0.717) is 13.2 Å². The lowest BCUT2D eigenvalue weighted by atomic mass is 10.4. The molecule has 0 fully saturated rings. The van der Waals surface area contributed by atoms with E-state index in [-0.39, 0.29) is 6.61 Å². The Labute approximate surface area is 96.4 Å². The molecule has 1 aromatic heterocycles. The van der Waals surface area contributed by atoms with Crippen molar-refractivity contribution in [1.82, 2.24) is 15.1 Å². The van der Waals surface area contributed by atoms with Gasteiger partial charge in [-0.15, -0.1) is 0 Å². The SMILES string of the molecule is CCn1nccc1CNCCCOCCO. The molecule has 92 valence electrons. The van der Waals surface area contributed by atoms with Crippen LogP contribution in [0.2, 0.25) is 0 Å². The van der Waals surface area contributed by atoms with Crippen molar-refractivity contribution in [2.75, 3.05) is 26.4 Å². The molecule has 0 unspecified atom stereocenters. The van der Waals surface area contributed by atoms with Crippen molar-refractivity contribution in [1.29, 1.82) is 0 Å². The summed E-state index contributed by atoms with van der Waals surface area (Å²) in [4.78, 5) is 0. The van der Waals surface area contributed by atoms with Crippen molar-refractivity contribution < 1.29 is 9.84 Å². The number of rotatable bonds is 9. The largest absolute Gasteiger partial charge is 0.394 e. The van der Waals surface area contributed by atoms with Crippen molar-refractivity contribution >= 4 is 0 Å². The summed E-state index contributed by atoms with van der Waals surface area (Å²) in [5.41, 5.74) is 1.21. The van der Waals surface area contributed by atoms with Crippen LogP contribution < -0.4 is 5.32 Å². The fourth-order valence-corrected chi connectivity index (χ4v) is 1.48. The lowest BCUT2D eigenvalue weighted by molar-refractivity contribution is 0.0907. The van der Waals surface area contributed by atoms with Gasteiger partial charge in [0.05, 0.1) is 18.9 Å². The molecule has 0 aliphatic rings. The van der Waals surface area contributed by atoms with E-state index in [4.69, 9.17) is 9.84 Å². The molecular formula is C11H21N3O2. The van der Waals surface area contributed by atoms with Gasteiger partial charge in [0.1, 0.15) is 0 Å². The third-order valence-electron chi connectivity index (χ3n) is 2.29. The Bertz CT molecular complexity index is 276. The van der Waals surface area contributed by atoms with Gasteiger partial charge < -0.3 is 15.2 Å². The molecule has 1 heterocycles. The second-order valence-corrected chi connectivity index (χ2v) is 3.50. The molecular weight excluding hydrogens is 206 g/mol. The molecule has 0 atom stereocenters. The molecule has 5 nitrogen and oxygen atoms in total. The van der Waals surface area contributed by atoms with Gasteiger partial charge in [0.25, 0.3) is 0 Å². The average molecular weight is 227 g/mol. The number of ether oxygens (including phenoxy) is 1. The summed E-state index contributed by atoms with van der Waals surface area (Å²) in [5, 5.41) is 16.0. The van der Waals surface area contributed by atoms with Gasteiger partial charge in [-0.1, -0.05) is 0 Å². The first-order valence-corrected chi connectivity index (χ1v) is 5.78. The highest BCUT2D eigenvalue weighted by Crippen LogP contribution is 1.97. The van der Waals surface area contributed by atoms with Crippen molar-refractivity contribution in [2.24, 2.45) is 0 Å². The number of nitrogens with one attached hydrogen (secondary N) is 1. The number of aliphatic hydroxyl groups is 1. The molecule has 0 saturated carbocycles. The second-order valence-electron chi connectivity index (χ2n) is 3.50. The van der Waals surface area contributed by atoms with E-state index in [1.807, 2.05) is 16.9 Å². The van der Waals surface area contributed by atoms with Crippen LogP contribution in [0, 0.1) is 0 Å². The molecule has 0 bridgehead atoms. The second kappa shape index (κ2) is 8.27. The molecule has 5 heteroatoms. The lowest BCUT2D eigenvalue weighted by Crippen LogP contribution is -2.19. The van der Waals surface area contributed by atoms with Crippen LogP contribution in [0.4, 0.5) is 0 Å². The Morgan fingerprint density at radius 3 is 3.12 bits per heavy atom. The van der Waals surface area contributed by atoms with E-state index >= 15 is 0 Å². The summed E-state index contributed by atoms with van der Waals surface area (Å²) in [6.07, 6.45) is 2.78. The Kier molecular flexibility index (Phi) is 6.80. The Morgan fingerprint density at radius 2 is 2.38 bits per heavy atom. The minimum absolute atomic E-state index is 0.100. The summed E-state index contributed by atoms with van der Waals surface area (Å²) in [5.74, 6) is 0. The highest BCUT2D eigenvalue weighted by Gasteiger charge is 1.98. The maximum absolute atomic E-state index is 8.50. The van der Waals surface area contributed by atoms with Gasteiger partial charge in [-0.3, -0.25) is 4.68 Å². The zero-order valence-corrected chi connectivity index (χ0v) is 9.85. The van der Waals surface area contributed by atoms with E-state index in [2.05, 4.69) is 17.3 Å². The predicted molar refractivity (Wildman–Crippen MR) is 62.1 cm³/mol. The van der Waals surface area contributed by atoms with Gasteiger partial charge in [0.15, 0.2) is 0 Å². The maximum Gasteiger partial charge on any atom is 0.0697 e. The van der Waals surface area contributed by atoms with Gasteiger partial charge in [-0.2, -0.15) is 5.10 Å². The quantitative estimate of drug-likeness (QED) is 0.599. The fourth-order valence-electron chi connectivity index (χ4n) is 1.48. The zero-order chi connectivity index (χ0) is 11.6. The molecule has 16 heavy (non-hydrogen) atoms. The topological polar surface area (TPSA) is 59.3 Å². The molecule has 0 spiro atoms. The third-order valence-corrected chi connectivity index (χ3v) is 2.29. The predicted octanol–water partition coefficient (Wildman–Crippen LogP) is 0.392. The summed E-state index contributed by atoms with van der Waals surface area (Å²) in [6.45, 7) is 5.98. The van der Waals surface area contributed by atoms with Crippen molar-refractivity contribution in [3.8, 4) is 0 Å². The number of hydrogen-bond acceptors (Lipinski definition) is 4. The molecule has 0 saturated heterocycles. The number of nitrogens with zero attached hydrogens (tertiary/aromatic N) is 2. The molecule has 0 amide bonds. The van der Waals surface area contributed by atoms with E-state index in [9.17, 15) is 0 Å². The highest BCUT2D eigenvalue weighted by atomic mass is 16.5. The molecule has 1 rings (SSSR count). The normalized spacial score (nSPS) is 10.9. The fraction of sp³-hybridized carbons (Fsp3) is 0.727. The molecule has 2 N–H and O–H groups in total. The standard InChI is InChI=1S/C11H21N3O2/c1-2-14-11(4-6-13-14)10-12-5-3-8-16-9-7-15/h4,6,12,15H,2-3,5,7-10H2,1H3. The minimum atomic E-state index is 0.100. The lowest BCUT2D eigenvalue weighted by Gasteiger charge is -2.06. The van der Waals surface area contributed by atoms with Crippen LogP contribution in [0.5, 0.6) is 0 Å². The smallest absolute Gasteiger partial charge is 0.0697 e.